The maximum absolute atomic E-state index is 13.5. The lowest BCUT2D eigenvalue weighted by Crippen LogP contribution is -2.05. The van der Waals surface area contributed by atoms with Gasteiger partial charge in [-0.05, 0) is 6.07 Å². The highest BCUT2D eigenvalue weighted by atomic mass is 19.2. The van der Waals surface area contributed by atoms with E-state index in [-0.39, 0.29) is 12.2 Å². The molecule has 0 heterocycles. The smallest absolute Gasteiger partial charge is 0.161 e. The van der Waals surface area contributed by atoms with Crippen molar-refractivity contribution < 1.29 is 17.9 Å². The Morgan fingerprint density at radius 2 is 1.76 bits per heavy atom. The Balaban J connectivity index is 2.13. The number of halogens is 3. The fourth-order valence-corrected chi connectivity index (χ4v) is 1.79. The summed E-state index contributed by atoms with van der Waals surface area (Å²) in [7, 11) is 0. The predicted molar refractivity (Wildman–Crippen MR) is 75.8 cm³/mol. The number of anilines is 1. The normalized spacial score (nSPS) is 10.2. The first-order valence-corrected chi connectivity index (χ1v) is 6.32. The van der Waals surface area contributed by atoms with Crippen molar-refractivity contribution in [3.8, 4) is 5.75 Å². The van der Waals surface area contributed by atoms with E-state index in [4.69, 9.17) is 4.74 Å². The van der Waals surface area contributed by atoms with Gasteiger partial charge in [-0.25, -0.2) is 13.2 Å². The molecule has 5 heteroatoms. The Bertz CT molecular complexity index is 643. The first kappa shape index (κ1) is 15.0. The maximum Gasteiger partial charge on any atom is 0.161 e. The van der Waals surface area contributed by atoms with E-state index >= 15 is 0 Å². The van der Waals surface area contributed by atoms with Gasteiger partial charge in [-0.1, -0.05) is 30.9 Å². The molecule has 2 aromatic carbocycles. The third kappa shape index (κ3) is 3.78. The van der Waals surface area contributed by atoms with Gasteiger partial charge in [0.2, 0.25) is 0 Å². The average Bonchev–Trinajstić information content (AvgIpc) is 2.48. The molecule has 2 nitrogen and oxygen atoms in total. The van der Waals surface area contributed by atoms with Crippen LogP contribution in [0.5, 0.6) is 5.75 Å². The number of para-hydroxylation sites is 1. The zero-order valence-corrected chi connectivity index (χ0v) is 11.2. The number of rotatable bonds is 6. The molecule has 110 valence electrons. The topological polar surface area (TPSA) is 21.3 Å². The largest absolute Gasteiger partial charge is 0.489 e. The van der Waals surface area contributed by atoms with Crippen LogP contribution < -0.4 is 10.1 Å². The fourth-order valence-electron chi connectivity index (χ4n) is 1.79. The maximum atomic E-state index is 13.5. The second-order valence-corrected chi connectivity index (χ2v) is 4.31. The van der Waals surface area contributed by atoms with Crippen LogP contribution in [-0.2, 0) is 6.54 Å². The van der Waals surface area contributed by atoms with Crippen LogP contribution in [0.15, 0.2) is 49.1 Å². The molecule has 0 aliphatic carbocycles. The van der Waals surface area contributed by atoms with Gasteiger partial charge < -0.3 is 10.1 Å². The summed E-state index contributed by atoms with van der Waals surface area (Å²) in [6, 6.07) is 8.47. The number of hydrogen-bond acceptors (Lipinski definition) is 2. The monoisotopic (exact) mass is 293 g/mol. The van der Waals surface area contributed by atoms with Crippen LogP contribution >= 0.6 is 0 Å². The van der Waals surface area contributed by atoms with Crippen molar-refractivity contribution in [3.05, 3.63) is 72.1 Å². The standard InChI is InChI=1S/C16H14F3NO/c1-2-7-21-16-6-4-3-5-11(16)10-20-15-9-13(18)12(17)8-14(15)19/h2-6,8-9,20H,1,7,10H2. The second kappa shape index (κ2) is 6.83. The lowest BCUT2D eigenvalue weighted by Gasteiger charge is -2.12. The van der Waals surface area contributed by atoms with Gasteiger partial charge in [0.05, 0.1) is 5.69 Å². The molecular weight excluding hydrogens is 279 g/mol. The predicted octanol–water partition coefficient (Wildman–Crippen LogP) is 4.28. The van der Waals surface area contributed by atoms with Crippen LogP contribution in [0, 0.1) is 17.5 Å². The van der Waals surface area contributed by atoms with E-state index in [0.29, 0.717) is 18.4 Å². The van der Waals surface area contributed by atoms with E-state index in [1.807, 2.05) is 0 Å². The first-order chi connectivity index (χ1) is 10.1. The zero-order valence-electron chi connectivity index (χ0n) is 11.2. The molecule has 0 aliphatic heterocycles. The minimum atomic E-state index is -1.22. The fraction of sp³-hybridized carbons (Fsp3) is 0.125. The van der Waals surface area contributed by atoms with Crippen molar-refractivity contribution in [1.29, 1.82) is 0 Å². The van der Waals surface area contributed by atoms with Crippen molar-refractivity contribution in [1.82, 2.24) is 0 Å². The molecule has 0 amide bonds. The zero-order chi connectivity index (χ0) is 15.2. The van der Waals surface area contributed by atoms with Gasteiger partial charge in [0.15, 0.2) is 11.6 Å². The van der Waals surface area contributed by atoms with E-state index in [0.717, 1.165) is 11.6 Å². The third-order valence-electron chi connectivity index (χ3n) is 2.81. The highest BCUT2D eigenvalue weighted by Gasteiger charge is 2.10. The summed E-state index contributed by atoms with van der Waals surface area (Å²) in [6.45, 7) is 4.12. The van der Waals surface area contributed by atoms with E-state index < -0.39 is 17.5 Å². The Morgan fingerprint density at radius 1 is 1.05 bits per heavy atom. The van der Waals surface area contributed by atoms with Gasteiger partial charge in [0, 0.05) is 24.2 Å². The Kier molecular flexibility index (Phi) is 4.87. The van der Waals surface area contributed by atoms with Crippen LogP contribution in [0.1, 0.15) is 5.56 Å². The van der Waals surface area contributed by atoms with Gasteiger partial charge in [-0.2, -0.15) is 0 Å². The molecule has 2 rings (SSSR count). The highest BCUT2D eigenvalue weighted by molar-refractivity contribution is 5.47. The summed E-state index contributed by atoms with van der Waals surface area (Å²) >= 11 is 0. The summed E-state index contributed by atoms with van der Waals surface area (Å²) in [6.07, 6.45) is 1.61. The molecular formula is C16H14F3NO. The van der Waals surface area contributed by atoms with Gasteiger partial charge in [-0.3, -0.25) is 0 Å². The molecule has 0 bridgehead atoms. The third-order valence-corrected chi connectivity index (χ3v) is 2.81. The molecule has 0 saturated carbocycles. The van der Waals surface area contributed by atoms with Crippen molar-refractivity contribution in [2.24, 2.45) is 0 Å². The molecule has 0 radical (unpaired) electrons. The molecule has 2 aromatic rings. The quantitative estimate of drug-likeness (QED) is 0.634. The summed E-state index contributed by atoms with van der Waals surface area (Å²) in [5.41, 5.74) is 0.663. The van der Waals surface area contributed by atoms with E-state index in [2.05, 4.69) is 11.9 Å². The van der Waals surface area contributed by atoms with Crippen LogP contribution in [0.3, 0.4) is 0 Å². The molecule has 0 fully saturated rings. The van der Waals surface area contributed by atoms with Crippen LogP contribution in [-0.4, -0.2) is 6.61 Å². The number of nitrogens with one attached hydrogen (secondary N) is 1. The van der Waals surface area contributed by atoms with Gasteiger partial charge in [0.1, 0.15) is 18.2 Å². The van der Waals surface area contributed by atoms with E-state index in [1.165, 1.54) is 0 Å². The molecule has 0 unspecified atom stereocenters. The van der Waals surface area contributed by atoms with Gasteiger partial charge >= 0.3 is 0 Å². The summed E-state index contributed by atoms with van der Waals surface area (Å²) in [5, 5.41) is 2.73. The minimum absolute atomic E-state index is 0.104. The second-order valence-electron chi connectivity index (χ2n) is 4.31. The Hall–Kier alpha value is -2.43. The Labute approximate surface area is 120 Å². The summed E-state index contributed by atoms with van der Waals surface area (Å²) in [4.78, 5) is 0. The highest BCUT2D eigenvalue weighted by Crippen LogP contribution is 2.22. The average molecular weight is 293 g/mol. The Morgan fingerprint density at radius 3 is 2.52 bits per heavy atom. The number of benzene rings is 2. The SMILES string of the molecule is C=CCOc1ccccc1CNc1cc(F)c(F)cc1F. The van der Waals surface area contributed by atoms with Crippen molar-refractivity contribution in [2.75, 3.05) is 11.9 Å². The van der Waals surface area contributed by atoms with E-state index in [1.54, 1.807) is 30.3 Å². The van der Waals surface area contributed by atoms with Crippen LogP contribution in [0.2, 0.25) is 0 Å². The van der Waals surface area contributed by atoms with E-state index in [9.17, 15) is 13.2 Å². The molecule has 1 N–H and O–H groups in total. The van der Waals surface area contributed by atoms with Crippen molar-refractivity contribution in [2.45, 2.75) is 6.54 Å². The molecule has 0 saturated heterocycles. The first-order valence-electron chi connectivity index (χ1n) is 6.32. The van der Waals surface area contributed by atoms with Gasteiger partial charge in [0.25, 0.3) is 0 Å². The summed E-state index contributed by atoms with van der Waals surface area (Å²) in [5.74, 6) is -2.55. The van der Waals surface area contributed by atoms with Crippen LogP contribution in [0.4, 0.5) is 18.9 Å². The van der Waals surface area contributed by atoms with Crippen molar-refractivity contribution in [3.63, 3.8) is 0 Å². The van der Waals surface area contributed by atoms with Crippen molar-refractivity contribution >= 4 is 5.69 Å². The van der Waals surface area contributed by atoms with Crippen LogP contribution in [0.25, 0.3) is 0 Å². The lowest BCUT2D eigenvalue weighted by atomic mass is 10.2. The molecule has 21 heavy (non-hydrogen) atoms. The minimum Gasteiger partial charge on any atom is -0.489 e. The lowest BCUT2D eigenvalue weighted by molar-refractivity contribution is 0.359. The number of ether oxygens (including phenoxy) is 1. The molecule has 0 aromatic heterocycles. The molecule has 0 spiro atoms. The molecule has 0 aliphatic rings. The van der Waals surface area contributed by atoms with Gasteiger partial charge in [-0.15, -0.1) is 0 Å². The summed E-state index contributed by atoms with van der Waals surface area (Å²) < 4.78 is 45.0. The molecule has 0 atom stereocenters. The number of hydrogen-bond donors (Lipinski definition) is 1.